The first-order chi connectivity index (χ1) is 7.59. The summed E-state index contributed by atoms with van der Waals surface area (Å²) in [6, 6.07) is 0. The molecule has 0 aliphatic rings. The summed E-state index contributed by atoms with van der Waals surface area (Å²) in [6.07, 6.45) is 0. The number of anilines is 1. The number of rotatable bonds is 2. The highest BCUT2D eigenvalue weighted by Crippen LogP contribution is 2.32. The molecule has 0 fully saturated rings. The van der Waals surface area contributed by atoms with Gasteiger partial charge in [-0.3, -0.25) is 0 Å². The summed E-state index contributed by atoms with van der Waals surface area (Å²) in [4.78, 5) is -2.15. The average Bonchev–Trinajstić information content (AvgIpc) is 2.12. The number of nitrogens with two attached hydrogens (primary N) is 1. The highest BCUT2D eigenvalue weighted by atomic mass is 32.2. The molecule has 1 aromatic rings. The van der Waals surface area contributed by atoms with E-state index in [2.05, 4.69) is 5.14 Å². The lowest BCUT2D eigenvalue weighted by atomic mass is 10.2. The van der Waals surface area contributed by atoms with E-state index in [9.17, 15) is 34.9 Å². The zero-order valence-electron chi connectivity index (χ0n) is 7.52. The van der Waals surface area contributed by atoms with Gasteiger partial charge in [-0.05, 0) is 5.34 Å². The fourth-order valence-electron chi connectivity index (χ4n) is 0.998. The maximum absolute atomic E-state index is 13.0. The summed E-state index contributed by atoms with van der Waals surface area (Å²) >= 11 is 0. The minimum atomic E-state index is -5.15. The Bertz CT molecular complexity index is 543. The Morgan fingerprint density at radius 1 is 0.882 bits per heavy atom. The van der Waals surface area contributed by atoms with Crippen molar-refractivity contribution < 1.29 is 34.9 Å². The van der Waals surface area contributed by atoms with Gasteiger partial charge in [0.1, 0.15) is 0 Å². The van der Waals surface area contributed by atoms with Crippen molar-refractivity contribution in [3.05, 3.63) is 23.3 Å². The van der Waals surface area contributed by atoms with E-state index in [0.29, 0.717) is 0 Å². The monoisotopic (exact) mass is 280 g/mol. The van der Waals surface area contributed by atoms with Crippen LogP contribution in [-0.2, 0) is 10.0 Å². The van der Waals surface area contributed by atoms with Gasteiger partial charge in [-0.1, -0.05) is 8.96 Å². The zero-order valence-corrected chi connectivity index (χ0v) is 8.33. The average molecular weight is 280 g/mol. The van der Waals surface area contributed by atoms with E-state index in [4.69, 9.17) is 0 Å². The van der Waals surface area contributed by atoms with E-state index >= 15 is 0 Å². The lowest BCUT2D eigenvalue weighted by Gasteiger charge is -2.10. The molecule has 0 aliphatic heterocycles. The molecule has 96 valence electrons. The molecule has 4 nitrogen and oxygen atoms in total. The largest absolute Gasteiger partial charge is 0.244 e. The molecule has 0 aromatic heterocycles. The molecule has 0 amide bonds. The van der Waals surface area contributed by atoms with Gasteiger partial charge in [0, 0.05) is 0 Å². The lowest BCUT2D eigenvalue weighted by molar-refractivity contribution is 0.221. The molecule has 0 spiro atoms. The van der Waals surface area contributed by atoms with E-state index in [1.54, 1.807) is 0 Å². The minimum Gasteiger partial charge on any atom is -0.224 e. The molecule has 0 radical (unpaired) electrons. The van der Waals surface area contributed by atoms with Crippen molar-refractivity contribution in [1.29, 1.82) is 0 Å². The fourth-order valence-corrected chi connectivity index (χ4v) is 1.68. The number of hydrogen-bond acceptors (Lipinski definition) is 3. The fraction of sp³-hybridized carbons (Fsp3) is 0. The maximum atomic E-state index is 13.0. The first-order valence-electron chi connectivity index (χ1n) is 3.59. The highest BCUT2D eigenvalue weighted by Gasteiger charge is 2.34. The summed E-state index contributed by atoms with van der Waals surface area (Å²) in [5.41, 5.74) is -2.35. The van der Waals surface area contributed by atoms with E-state index in [-0.39, 0.29) is 0 Å². The van der Waals surface area contributed by atoms with E-state index in [1.165, 1.54) is 0 Å². The number of primary sulfonamides is 1. The predicted octanol–water partition coefficient (Wildman–Crippen LogP) is 1.47. The second-order valence-electron chi connectivity index (χ2n) is 2.71. The standard InChI is InChI=1S/C6H2F6N2O2S/c7-1-3(9)6(17(13,15)16)4(10)2(8)5(1)14(11)12/h(H2,13,15,16). The van der Waals surface area contributed by atoms with Crippen molar-refractivity contribution in [1.82, 2.24) is 0 Å². The van der Waals surface area contributed by atoms with Crippen LogP contribution in [0.2, 0.25) is 0 Å². The molecule has 11 heteroatoms. The van der Waals surface area contributed by atoms with Crippen LogP contribution in [0.5, 0.6) is 0 Å². The third-order valence-electron chi connectivity index (χ3n) is 1.65. The lowest BCUT2D eigenvalue weighted by Crippen LogP contribution is -2.20. The van der Waals surface area contributed by atoms with Gasteiger partial charge in [0.25, 0.3) is 0 Å². The number of benzene rings is 1. The number of halogens is 6. The van der Waals surface area contributed by atoms with E-state index in [0.717, 1.165) is 0 Å². The van der Waals surface area contributed by atoms with Crippen LogP contribution in [0.4, 0.5) is 32.2 Å². The molecule has 1 aromatic carbocycles. The van der Waals surface area contributed by atoms with Crippen molar-refractivity contribution in [2.24, 2.45) is 5.14 Å². The zero-order chi connectivity index (χ0) is 13.5. The van der Waals surface area contributed by atoms with Crippen molar-refractivity contribution >= 4 is 15.7 Å². The Morgan fingerprint density at radius 3 is 1.47 bits per heavy atom. The van der Waals surface area contributed by atoms with Crippen molar-refractivity contribution in [3.8, 4) is 0 Å². The molecule has 17 heavy (non-hydrogen) atoms. The van der Waals surface area contributed by atoms with Gasteiger partial charge >= 0.3 is 0 Å². The van der Waals surface area contributed by atoms with Crippen LogP contribution < -0.4 is 10.5 Å². The van der Waals surface area contributed by atoms with Crippen LogP contribution in [-0.4, -0.2) is 8.42 Å². The third-order valence-corrected chi connectivity index (χ3v) is 2.58. The Morgan fingerprint density at radius 2 is 1.24 bits per heavy atom. The molecule has 0 saturated carbocycles. The molecule has 0 heterocycles. The molecule has 0 atom stereocenters. The van der Waals surface area contributed by atoms with Gasteiger partial charge in [-0.25, -0.2) is 31.1 Å². The summed E-state index contributed by atoms with van der Waals surface area (Å²) in [6.45, 7) is 0. The van der Waals surface area contributed by atoms with Gasteiger partial charge in [-0.15, -0.1) is 0 Å². The maximum Gasteiger partial charge on any atom is 0.244 e. The van der Waals surface area contributed by atoms with Gasteiger partial charge in [0.2, 0.25) is 10.0 Å². The molecule has 2 N–H and O–H groups in total. The van der Waals surface area contributed by atoms with Crippen LogP contribution >= 0.6 is 0 Å². The first kappa shape index (κ1) is 13.6. The van der Waals surface area contributed by atoms with E-state index < -0.39 is 49.2 Å². The van der Waals surface area contributed by atoms with Crippen LogP contribution in [0, 0.1) is 23.3 Å². The van der Waals surface area contributed by atoms with Gasteiger partial charge in [0.15, 0.2) is 33.9 Å². The third kappa shape index (κ3) is 2.15. The first-order valence-corrected chi connectivity index (χ1v) is 5.14. The molecule has 1 rings (SSSR count). The van der Waals surface area contributed by atoms with E-state index in [1.807, 2.05) is 0 Å². The van der Waals surface area contributed by atoms with Crippen molar-refractivity contribution in [2.75, 3.05) is 5.34 Å². The Balaban J connectivity index is 3.84. The van der Waals surface area contributed by atoms with Gasteiger partial charge in [-0.2, -0.15) is 0 Å². The van der Waals surface area contributed by atoms with Crippen LogP contribution in [0.3, 0.4) is 0 Å². The SMILES string of the molecule is NS(=O)(=O)c1c(F)c(F)c(N(F)F)c(F)c1F. The molecule has 0 unspecified atom stereocenters. The molecule has 0 bridgehead atoms. The van der Waals surface area contributed by atoms with Crippen LogP contribution in [0.25, 0.3) is 0 Å². The topological polar surface area (TPSA) is 63.4 Å². The van der Waals surface area contributed by atoms with Crippen LogP contribution in [0.1, 0.15) is 0 Å². The number of hydrogen-bond donors (Lipinski definition) is 1. The quantitative estimate of drug-likeness (QED) is 0.507. The molecule has 0 saturated heterocycles. The highest BCUT2D eigenvalue weighted by molar-refractivity contribution is 7.89. The normalized spacial score (nSPS) is 11.7. The van der Waals surface area contributed by atoms with Crippen LogP contribution in [0.15, 0.2) is 4.90 Å². The van der Waals surface area contributed by atoms with Crippen molar-refractivity contribution in [3.63, 3.8) is 0 Å². The second kappa shape index (κ2) is 4.07. The molecular weight excluding hydrogens is 278 g/mol. The Kier molecular flexibility index (Phi) is 3.25. The van der Waals surface area contributed by atoms with Crippen molar-refractivity contribution in [2.45, 2.75) is 4.90 Å². The Labute approximate surface area is 90.2 Å². The van der Waals surface area contributed by atoms with Gasteiger partial charge < -0.3 is 0 Å². The molecular formula is C6H2F6N2O2S. The molecule has 0 aliphatic carbocycles. The smallest absolute Gasteiger partial charge is 0.224 e. The Hall–Kier alpha value is -1.49. The minimum absolute atomic E-state index is 2.15. The summed E-state index contributed by atoms with van der Waals surface area (Å²) in [5.74, 6) is -10.2. The number of nitrogens with zero attached hydrogens (tertiary/aromatic N) is 1. The van der Waals surface area contributed by atoms with Gasteiger partial charge in [0.05, 0.1) is 0 Å². The summed E-state index contributed by atoms with van der Waals surface area (Å²) in [5, 5.41) is 2.05. The second-order valence-corrected chi connectivity index (χ2v) is 4.21. The predicted molar refractivity (Wildman–Crippen MR) is 42.3 cm³/mol. The number of sulfonamides is 1. The summed E-state index contributed by atoms with van der Waals surface area (Å²) in [7, 11) is -5.15. The summed E-state index contributed by atoms with van der Waals surface area (Å²) < 4.78 is 96.7.